The average molecular weight is 643 g/mol. The smallest absolute Gasteiger partial charge is 0.365 e. The van der Waals surface area contributed by atoms with E-state index in [2.05, 4.69) is 4.89 Å². The summed E-state index contributed by atoms with van der Waals surface area (Å²) in [5, 5.41) is 90.5. The van der Waals surface area contributed by atoms with Gasteiger partial charge in [-0.25, -0.2) is 4.79 Å². The lowest BCUT2D eigenvalue weighted by molar-refractivity contribution is -0.322. The molecule has 0 amide bonds. The van der Waals surface area contributed by atoms with E-state index in [1.807, 2.05) is 0 Å². The molecule has 0 spiro atoms. The normalized spacial score (nSPS) is 21.4. The van der Waals surface area contributed by atoms with Crippen molar-refractivity contribution in [1.82, 2.24) is 0 Å². The second kappa shape index (κ2) is 12.8. The molecule has 3 aromatic carbocycles. The minimum Gasteiger partial charge on any atom is -0.507 e. The molecule has 4 aromatic rings. The predicted octanol–water partition coefficient (Wildman–Crippen LogP) is 1.07. The zero-order valence-corrected chi connectivity index (χ0v) is 23.3. The zero-order chi connectivity index (χ0) is 33.3. The van der Waals surface area contributed by atoms with Crippen LogP contribution in [0, 0.1) is 0 Å². The predicted molar refractivity (Wildman–Crippen MR) is 153 cm³/mol. The van der Waals surface area contributed by atoms with Crippen LogP contribution < -0.4 is 10.2 Å². The van der Waals surface area contributed by atoms with E-state index in [1.165, 1.54) is 30.3 Å². The number of hydrogen-bond acceptors (Lipinski definition) is 16. The van der Waals surface area contributed by atoms with E-state index in [9.17, 15) is 55.5 Å². The molecule has 0 saturated carbocycles. The molecule has 0 radical (unpaired) electrons. The summed E-state index contributed by atoms with van der Waals surface area (Å²) in [5.41, 5.74) is -0.883. The fraction of sp³-hybridized carbons (Fsp3) is 0.200. The van der Waals surface area contributed by atoms with Crippen LogP contribution in [0.1, 0.15) is 5.56 Å². The Balaban J connectivity index is 1.31. The molecule has 16 heteroatoms. The highest BCUT2D eigenvalue weighted by molar-refractivity contribution is 5.91. The largest absolute Gasteiger partial charge is 0.507 e. The summed E-state index contributed by atoms with van der Waals surface area (Å²) in [4.78, 5) is 34.2. The number of hydrogen-bond donors (Lipinski definition) is 9. The molecule has 5 rings (SSSR count). The van der Waals surface area contributed by atoms with E-state index in [4.69, 9.17) is 18.8 Å². The number of benzene rings is 3. The molecule has 1 aliphatic heterocycles. The van der Waals surface area contributed by atoms with Crippen molar-refractivity contribution in [1.29, 1.82) is 0 Å². The van der Waals surface area contributed by atoms with Gasteiger partial charge in [0, 0.05) is 23.8 Å². The molecule has 2 heterocycles. The second-order valence-corrected chi connectivity index (χ2v) is 10.0. The van der Waals surface area contributed by atoms with Gasteiger partial charge in [-0.05, 0) is 42.0 Å². The Labute approximate surface area is 256 Å². The van der Waals surface area contributed by atoms with Crippen molar-refractivity contribution < 1.29 is 74.4 Å². The molecular weight excluding hydrogens is 616 g/mol. The molecule has 1 fully saturated rings. The first-order valence-electron chi connectivity index (χ1n) is 13.3. The molecule has 1 aromatic heterocycles. The van der Waals surface area contributed by atoms with Crippen molar-refractivity contribution in [3.05, 3.63) is 70.4 Å². The molecule has 46 heavy (non-hydrogen) atoms. The first-order valence-corrected chi connectivity index (χ1v) is 13.3. The van der Waals surface area contributed by atoms with Crippen LogP contribution in [0.25, 0.3) is 28.4 Å². The van der Waals surface area contributed by atoms with Crippen LogP contribution in [0.4, 0.5) is 0 Å². The highest BCUT2D eigenvalue weighted by Crippen LogP contribution is 2.42. The summed E-state index contributed by atoms with van der Waals surface area (Å²) < 4.78 is 16.6. The van der Waals surface area contributed by atoms with Crippen LogP contribution in [-0.2, 0) is 19.3 Å². The van der Waals surface area contributed by atoms with E-state index in [0.29, 0.717) is 5.56 Å². The highest BCUT2D eigenvalue weighted by Gasteiger charge is 2.45. The molecular formula is C30H26O16. The average Bonchev–Trinajstić information content (AvgIpc) is 3.02. The maximum Gasteiger partial charge on any atom is 0.365 e. The van der Waals surface area contributed by atoms with Gasteiger partial charge in [-0.1, -0.05) is 6.07 Å². The molecule has 0 unspecified atom stereocenters. The van der Waals surface area contributed by atoms with Gasteiger partial charge >= 0.3 is 5.97 Å². The van der Waals surface area contributed by atoms with E-state index in [0.717, 1.165) is 30.3 Å². The number of aromatic hydroxyl groups is 6. The van der Waals surface area contributed by atoms with Crippen LogP contribution in [0.3, 0.4) is 0 Å². The third-order valence-electron chi connectivity index (χ3n) is 6.88. The minimum atomic E-state index is -1.92. The maximum absolute atomic E-state index is 12.8. The summed E-state index contributed by atoms with van der Waals surface area (Å²) in [6.45, 7) is -0.683. The summed E-state index contributed by atoms with van der Waals surface area (Å²) in [6.07, 6.45) is -6.72. The fourth-order valence-electron chi connectivity index (χ4n) is 4.46. The Kier molecular flexibility index (Phi) is 8.90. The van der Waals surface area contributed by atoms with Crippen molar-refractivity contribution >= 4 is 23.0 Å². The third kappa shape index (κ3) is 6.46. The summed E-state index contributed by atoms with van der Waals surface area (Å²) in [6, 6.07) is 9.12. The number of rotatable bonds is 8. The summed E-state index contributed by atoms with van der Waals surface area (Å²) in [7, 11) is 0. The van der Waals surface area contributed by atoms with Gasteiger partial charge in [-0.15, -0.1) is 0 Å². The maximum atomic E-state index is 12.8. The van der Waals surface area contributed by atoms with Crippen molar-refractivity contribution in [3.8, 4) is 51.6 Å². The Morgan fingerprint density at radius 2 is 1.50 bits per heavy atom. The molecule has 16 nitrogen and oxygen atoms in total. The van der Waals surface area contributed by atoms with Gasteiger partial charge in [-0.2, -0.15) is 4.89 Å². The molecule has 0 aliphatic carbocycles. The lowest BCUT2D eigenvalue weighted by Crippen LogP contribution is -2.60. The van der Waals surface area contributed by atoms with Crippen molar-refractivity contribution in [2.45, 2.75) is 30.7 Å². The molecule has 1 aliphatic rings. The number of phenolic OH excluding ortho intramolecular Hbond substituents is 6. The van der Waals surface area contributed by atoms with Gasteiger partial charge in [0.1, 0.15) is 47.9 Å². The van der Waals surface area contributed by atoms with Gasteiger partial charge in [0.15, 0.2) is 39.8 Å². The SMILES string of the molecule is O=C(/C=C/c1ccc(O)c(O)c1)OOC[C@H]1O[C@@H](Oc2cc(O)c3c(=O)cc(-c4ccc(O)c(O)c4)oc3c2O)[C@H](O)[C@@H](O)[C@@H]1O. The number of aliphatic hydroxyl groups excluding tert-OH is 3. The van der Waals surface area contributed by atoms with E-state index < -0.39 is 94.2 Å². The van der Waals surface area contributed by atoms with Crippen molar-refractivity contribution in [2.24, 2.45) is 0 Å². The van der Waals surface area contributed by atoms with Gasteiger partial charge < -0.3 is 59.8 Å². The number of fused-ring (bicyclic) bond motifs is 1. The summed E-state index contributed by atoms with van der Waals surface area (Å²) in [5.74, 6) is -5.04. The Bertz CT molecular complexity index is 1860. The van der Waals surface area contributed by atoms with Gasteiger partial charge in [0.25, 0.3) is 0 Å². The van der Waals surface area contributed by atoms with Gasteiger partial charge in [-0.3, -0.25) is 9.68 Å². The minimum absolute atomic E-state index is 0.126. The fourth-order valence-corrected chi connectivity index (χ4v) is 4.46. The number of carbonyl (C=O) groups excluding carboxylic acids is 1. The Morgan fingerprint density at radius 1 is 0.804 bits per heavy atom. The third-order valence-corrected chi connectivity index (χ3v) is 6.88. The summed E-state index contributed by atoms with van der Waals surface area (Å²) >= 11 is 0. The van der Waals surface area contributed by atoms with Crippen LogP contribution in [0.5, 0.6) is 40.2 Å². The lowest BCUT2D eigenvalue weighted by atomic mass is 9.99. The van der Waals surface area contributed by atoms with E-state index in [-0.39, 0.29) is 17.1 Å². The van der Waals surface area contributed by atoms with Crippen LogP contribution in [-0.4, -0.2) is 89.2 Å². The molecule has 1 saturated heterocycles. The highest BCUT2D eigenvalue weighted by atomic mass is 17.2. The monoisotopic (exact) mass is 642 g/mol. The second-order valence-electron chi connectivity index (χ2n) is 10.0. The van der Waals surface area contributed by atoms with Gasteiger partial charge in [0.05, 0.1) is 0 Å². The topological polar surface area (TPSA) is 266 Å². The molecule has 9 N–H and O–H groups in total. The van der Waals surface area contributed by atoms with Gasteiger partial charge in [0.2, 0.25) is 12.0 Å². The molecule has 5 atom stereocenters. The Hall–Kier alpha value is -5.52. The van der Waals surface area contributed by atoms with Crippen molar-refractivity contribution in [2.75, 3.05) is 6.61 Å². The Morgan fingerprint density at radius 3 is 2.20 bits per heavy atom. The standard InChI is InChI=1S/C30H26O16/c31-14-4-1-12(7-16(14)33)2-6-23(37)46-42-11-22-25(38)27(40)28(41)30(45-22)44-21-10-19(36)24-18(35)9-20(43-29(24)26(21)39)13-3-5-15(32)17(34)8-13/h1-10,22,25,27-28,30-34,36,38-41H,11H2/b6-2+/t22-,25-,27+,28-,30-/m1/s1. The number of ether oxygens (including phenoxy) is 2. The number of carbonyl (C=O) groups is 1. The van der Waals surface area contributed by atoms with Crippen LogP contribution in [0.2, 0.25) is 0 Å². The van der Waals surface area contributed by atoms with Crippen LogP contribution >= 0.6 is 0 Å². The van der Waals surface area contributed by atoms with Crippen LogP contribution in [0.15, 0.2) is 63.8 Å². The molecule has 242 valence electrons. The zero-order valence-electron chi connectivity index (χ0n) is 23.3. The van der Waals surface area contributed by atoms with Crippen molar-refractivity contribution in [3.63, 3.8) is 0 Å². The van der Waals surface area contributed by atoms with E-state index >= 15 is 0 Å². The first kappa shape index (κ1) is 31.9. The molecule has 0 bridgehead atoms. The first-order chi connectivity index (χ1) is 21.8. The van der Waals surface area contributed by atoms with E-state index in [1.54, 1.807) is 0 Å². The quantitative estimate of drug-likeness (QED) is 0.0428. The number of aliphatic hydroxyl groups is 3. The lowest BCUT2D eigenvalue weighted by Gasteiger charge is -2.39. The number of phenols is 6.